The fourth-order valence-corrected chi connectivity index (χ4v) is 2.85. The highest BCUT2D eigenvalue weighted by Crippen LogP contribution is 2.28. The van der Waals surface area contributed by atoms with Gasteiger partial charge in [-0.05, 0) is 44.2 Å². The van der Waals surface area contributed by atoms with Crippen molar-refractivity contribution >= 4 is 17.5 Å². The Morgan fingerprint density at radius 3 is 2.38 bits per heavy atom. The van der Waals surface area contributed by atoms with Crippen LogP contribution >= 0.6 is 0 Å². The van der Waals surface area contributed by atoms with E-state index in [2.05, 4.69) is 20.6 Å². The molecule has 3 aromatic rings. The molecule has 1 aromatic heterocycles. The van der Waals surface area contributed by atoms with Gasteiger partial charge in [0, 0.05) is 11.1 Å². The maximum absolute atomic E-state index is 12.4. The van der Waals surface area contributed by atoms with Gasteiger partial charge in [0.2, 0.25) is 5.91 Å². The Bertz CT molecular complexity index is 1090. The molecule has 0 fully saturated rings. The van der Waals surface area contributed by atoms with E-state index >= 15 is 0 Å². The van der Waals surface area contributed by atoms with E-state index in [1.807, 2.05) is 13.8 Å². The van der Waals surface area contributed by atoms with Crippen LogP contribution in [0, 0.1) is 0 Å². The summed E-state index contributed by atoms with van der Waals surface area (Å²) in [4.78, 5) is 33.0. The van der Waals surface area contributed by atoms with Crippen LogP contribution in [0.2, 0.25) is 0 Å². The molecule has 0 spiro atoms. The van der Waals surface area contributed by atoms with E-state index in [4.69, 9.17) is 9.47 Å². The number of nitrogens with zero attached hydrogens (tertiary/aromatic N) is 2. The van der Waals surface area contributed by atoms with Crippen LogP contribution in [0.1, 0.15) is 24.2 Å². The van der Waals surface area contributed by atoms with Crippen molar-refractivity contribution in [2.24, 2.45) is 0 Å². The summed E-state index contributed by atoms with van der Waals surface area (Å²) >= 11 is 0. The average molecular weight is 436 g/mol. The van der Waals surface area contributed by atoms with Crippen LogP contribution in [0.4, 0.5) is 5.69 Å². The molecule has 166 valence electrons. The number of amides is 2. The van der Waals surface area contributed by atoms with Gasteiger partial charge in [0.1, 0.15) is 5.75 Å². The number of nitrogens with one attached hydrogen (secondary N) is 2. The van der Waals surface area contributed by atoms with Crippen molar-refractivity contribution in [1.29, 1.82) is 0 Å². The van der Waals surface area contributed by atoms with Crippen molar-refractivity contribution < 1.29 is 24.2 Å². The molecule has 0 atom stereocenters. The van der Waals surface area contributed by atoms with Gasteiger partial charge in [-0.3, -0.25) is 9.59 Å². The Labute approximate surface area is 185 Å². The number of ether oxygens (including phenoxy) is 2. The monoisotopic (exact) mass is 436 g/mol. The first-order valence-corrected chi connectivity index (χ1v) is 10.1. The van der Waals surface area contributed by atoms with E-state index < -0.39 is 11.8 Å². The summed E-state index contributed by atoms with van der Waals surface area (Å²) in [5.74, 6) is 0.698. The molecule has 0 aliphatic heterocycles. The lowest BCUT2D eigenvalue weighted by molar-refractivity contribution is -0.115. The maximum Gasteiger partial charge on any atom is 0.251 e. The van der Waals surface area contributed by atoms with E-state index in [0.717, 1.165) is 0 Å². The van der Waals surface area contributed by atoms with Gasteiger partial charge < -0.3 is 25.2 Å². The highest BCUT2D eigenvalue weighted by atomic mass is 16.5. The van der Waals surface area contributed by atoms with Crippen molar-refractivity contribution in [2.45, 2.75) is 13.8 Å². The SMILES string of the molecule is CCOc1ccc(C(=O)NCC(=O)Nc2cnc(-c3cccc(O)c3)nc2)cc1OCC. The third kappa shape index (κ3) is 5.94. The molecule has 0 saturated carbocycles. The van der Waals surface area contributed by atoms with Crippen LogP contribution < -0.4 is 20.1 Å². The quantitative estimate of drug-likeness (QED) is 0.471. The minimum atomic E-state index is -0.428. The third-order valence-corrected chi connectivity index (χ3v) is 4.26. The Balaban J connectivity index is 1.56. The molecular weight excluding hydrogens is 412 g/mol. The summed E-state index contributed by atoms with van der Waals surface area (Å²) in [5, 5.41) is 14.7. The molecule has 1 heterocycles. The van der Waals surface area contributed by atoms with E-state index in [-0.39, 0.29) is 12.3 Å². The standard InChI is InChI=1S/C23H24N4O5/c1-3-31-19-9-8-16(11-20(19)32-4-2)23(30)26-14-21(29)27-17-12-24-22(25-13-17)15-6-5-7-18(28)10-15/h5-13,28H,3-4,14H2,1-2H3,(H,26,30)(H,27,29). The number of benzene rings is 2. The van der Waals surface area contributed by atoms with Crippen molar-refractivity contribution in [2.75, 3.05) is 25.1 Å². The first-order chi connectivity index (χ1) is 15.5. The van der Waals surface area contributed by atoms with Gasteiger partial charge in [-0.1, -0.05) is 12.1 Å². The van der Waals surface area contributed by atoms with Crippen LogP contribution in [0.3, 0.4) is 0 Å². The normalized spacial score (nSPS) is 10.3. The number of phenols is 1. The fourth-order valence-electron chi connectivity index (χ4n) is 2.85. The van der Waals surface area contributed by atoms with E-state index in [0.29, 0.717) is 47.4 Å². The maximum atomic E-state index is 12.4. The first kappa shape index (κ1) is 22.5. The molecule has 0 aliphatic carbocycles. The third-order valence-electron chi connectivity index (χ3n) is 4.26. The van der Waals surface area contributed by atoms with Crippen molar-refractivity contribution in [3.05, 3.63) is 60.4 Å². The number of rotatable bonds is 9. The second-order valence-corrected chi connectivity index (χ2v) is 6.60. The summed E-state index contributed by atoms with van der Waals surface area (Å²) in [6.45, 7) is 4.38. The number of anilines is 1. The summed E-state index contributed by atoms with van der Waals surface area (Å²) in [7, 11) is 0. The zero-order valence-electron chi connectivity index (χ0n) is 17.8. The number of phenolic OH excluding ortho intramolecular Hbond substituents is 1. The number of carbonyl (C=O) groups excluding carboxylic acids is 2. The van der Waals surface area contributed by atoms with Crippen LogP contribution in [0.5, 0.6) is 17.2 Å². The van der Waals surface area contributed by atoms with Crippen molar-refractivity contribution in [3.8, 4) is 28.6 Å². The number of hydrogen-bond donors (Lipinski definition) is 3. The molecule has 2 amide bonds. The van der Waals surface area contributed by atoms with Crippen molar-refractivity contribution in [3.63, 3.8) is 0 Å². The Morgan fingerprint density at radius 2 is 1.69 bits per heavy atom. The van der Waals surface area contributed by atoms with Crippen LogP contribution in [-0.4, -0.2) is 46.6 Å². The van der Waals surface area contributed by atoms with Gasteiger partial charge in [-0.2, -0.15) is 0 Å². The molecule has 0 radical (unpaired) electrons. The Morgan fingerprint density at radius 1 is 0.969 bits per heavy atom. The second-order valence-electron chi connectivity index (χ2n) is 6.60. The molecule has 0 saturated heterocycles. The predicted octanol–water partition coefficient (Wildman–Crippen LogP) is 3.02. The minimum absolute atomic E-state index is 0.111. The fraction of sp³-hybridized carbons (Fsp3) is 0.217. The first-order valence-electron chi connectivity index (χ1n) is 10.1. The smallest absolute Gasteiger partial charge is 0.251 e. The zero-order chi connectivity index (χ0) is 22.9. The average Bonchev–Trinajstić information content (AvgIpc) is 2.79. The molecule has 2 aromatic carbocycles. The van der Waals surface area contributed by atoms with E-state index in [1.54, 1.807) is 42.5 Å². The van der Waals surface area contributed by atoms with Gasteiger partial charge >= 0.3 is 0 Å². The highest BCUT2D eigenvalue weighted by Gasteiger charge is 2.13. The highest BCUT2D eigenvalue weighted by molar-refractivity contribution is 5.99. The Hall–Kier alpha value is -4.14. The largest absolute Gasteiger partial charge is 0.508 e. The number of carbonyl (C=O) groups is 2. The predicted molar refractivity (Wildman–Crippen MR) is 119 cm³/mol. The number of aromatic nitrogens is 2. The number of hydrogen-bond acceptors (Lipinski definition) is 7. The summed E-state index contributed by atoms with van der Waals surface area (Å²) in [5.41, 5.74) is 1.38. The molecular formula is C23H24N4O5. The molecule has 32 heavy (non-hydrogen) atoms. The van der Waals surface area contributed by atoms with Gasteiger partial charge in [-0.25, -0.2) is 9.97 Å². The second kappa shape index (κ2) is 10.8. The summed E-state index contributed by atoms with van der Waals surface area (Å²) in [6, 6.07) is 11.4. The molecule has 0 bridgehead atoms. The zero-order valence-corrected chi connectivity index (χ0v) is 17.8. The molecule has 3 N–H and O–H groups in total. The van der Waals surface area contributed by atoms with Gasteiger partial charge in [0.15, 0.2) is 17.3 Å². The molecule has 3 rings (SSSR count). The minimum Gasteiger partial charge on any atom is -0.508 e. The van der Waals surface area contributed by atoms with Crippen LogP contribution in [0.15, 0.2) is 54.9 Å². The summed E-state index contributed by atoms with van der Waals surface area (Å²) < 4.78 is 11.0. The van der Waals surface area contributed by atoms with Crippen molar-refractivity contribution in [1.82, 2.24) is 15.3 Å². The summed E-state index contributed by atoms with van der Waals surface area (Å²) in [6.07, 6.45) is 2.90. The lowest BCUT2D eigenvalue weighted by Crippen LogP contribution is -2.32. The molecule has 0 unspecified atom stereocenters. The number of aromatic hydroxyl groups is 1. The Kier molecular flexibility index (Phi) is 7.58. The molecule has 9 nitrogen and oxygen atoms in total. The van der Waals surface area contributed by atoms with E-state index in [9.17, 15) is 14.7 Å². The van der Waals surface area contributed by atoms with E-state index in [1.165, 1.54) is 12.4 Å². The van der Waals surface area contributed by atoms with Gasteiger partial charge in [0.25, 0.3) is 5.91 Å². The molecule has 9 heteroatoms. The lowest BCUT2D eigenvalue weighted by atomic mass is 10.2. The topological polar surface area (TPSA) is 123 Å². The molecule has 0 aliphatic rings. The van der Waals surface area contributed by atoms with Crippen LogP contribution in [0.25, 0.3) is 11.4 Å². The van der Waals surface area contributed by atoms with Crippen LogP contribution in [-0.2, 0) is 4.79 Å². The lowest BCUT2D eigenvalue weighted by Gasteiger charge is -2.12. The van der Waals surface area contributed by atoms with Gasteiger partial charge in [0.05, 0.1) is 37.8 Å². The van der Waals surface area contributed by atoms with Gasteiger partial charge in [-0.15, -0.1) is 0 Å².